The van der Waals surface area contributed by atoms with Crippen LogP contribution >= 0.6 is 0 Å². The van der Waals surface area contributed by atoms with Gasteiger partial charge in [0.2, 0.25) is 5.82 Å². The Kier molecular flexibility index (Phi) is 9.47. The van der Waals surface area contributed by atoms with Gasteiger partial charge in [-0.2, -0.15) is 10.2 Å². The second-order valence-corrected chi connectivity index (χ2v) is 8.73. The van der Waals surface area contributed by atoms with Crippen molar-refractivity contribution < 1.29 is 19.2 Å². The molecule has 1 aliphatic heterocycles. The summed E-state index contributed by atoms with van der Waals surface area (Å²) in [6, 6.07) is 13.7. The number of hydrogen-bond donors (Lipinski definition) is 1. The van der Waals surface area contributed by atoms with Crippen LogP contribution in [0.15, 0.2) is 40.9 Å². The number of hydrogen-bond acceptors (Lipinski definition) is 7. The second-order valence-electron chi connectivity index (χ2n) is 8.73. The summed E-state index contributed by atoms with van der Waals surface area (Å²) < 4.78 is 11.2. The number of ether oxygens (including phenoxy) is 1. The van der Waals surface area contributed by atoms with Crippen LogP contribution in [0.1, 0.15) is 43.4 Å². The van der Waals surface area contributed by atoms with Crippen LogP contribution in [0.3, 0.4) is 0 Å². The first-order valence-electron chi connectivity index (χ1n) is 11.5. The van der Waals surface area contributed by atoms with Crippen LogP contribution in [0.4, 0.5) is 0 Å². The van der Waals surface area contributed by atoms with E-state index in [4.69, 9.17) is 14.4 Å². The van der Waals surface area contributed by atoms with E-state index >= 15 is 0 Å². The molecule has 0 fully saturated rings. The van der Waals surface area contributed by atoms with Crippen LogP contribution in [-0.4, -0.2) is 81.4 Å². The normalized spacial score (nSPS) is 13.4. The second kappa shape index (κ2) is 12.3. The third kappa shape index (κ3) is 6.92. The van der Waals surface area contributed by atoms with Crippen molar-refractivity contribution in [2.45, 2.75) is 45.6 Å². The summed E-state index contributed by atoms with van der Waals surface area (Å²) in [6.45, 7) is 6.45. The number of aliphatic carboxylic acids is 1. The first kappa shape index (κ1) is 26.9. The number of benzene rings is 2. The van der Waals surface area contributed by atoms with Crippen molar-refractivity contribution in [1.82, 2.24) is 15.0 Å². The maximum atomic E-state index is 10.8. The van der Waals surface area contributed by atoms with Gasteiger partial charge in [0, 0.05) is 60.2 Å². The van der Waals surface area contributed by atoms with Crippen molar-refractivity contribution in [3.05, 3.63) is 53.1 Å². The molecule has 0 amide bonds. The minimum absolute atomic E-state index is 0. The van der Waals surface area contributed by atoms with Gasteiger partial charge in [-0.05, 0) is 75.0 Å². The van der Waals surface area contributed by atoms with E-state index in [1.54, 1.807) is 12.1 Å². The molecule has 1 aliphatic rings. The Morgan fingerprint density at radius 3 is 2.63 bits per heavy atom. The monoisotopic (exact) mass is 483 g/mol. The minimum atomic E-state index is -0.745. The molecular weight excluding hydrogens is 455 g/mol. The smallest absolute Gasteiger partial charge is 0.303 e. The zero-order chi connectivity index (χ0) is 24.1. The van der Waals surface area contributed by atoms with E-state index in [-0.39, 0.29) is 42.1 Å². The maximum Gasteiger partial charge on any atom is 0.303 e. The molecule has 0 unspecified atom stereocenters. The zero-order valence-electron chi connectivity index (χ0n) is 20.5. The van der Waals surface area contributed by atoms with Crippen LogP contribution in [0.5, 0.6) is 5.75 Å². The Hall–Kier alpha value is -2.70. The van der Waals surface area contributed by atoms with Crippen LogP contribution in [0.2, 0.25) is 0 Å². The number of rotatable bonds is 8. The number of carboxylic acids is 1. The fourth-order valence-corrected chi connectivity index (χ4v) is 4.15. The van der Waals surface area contributed by atoms with E-state index in [0.717, 1.165) is 38.0 Å². The van der Waals surface area contributed by atoms with Gasteiger partial charge in [0.25, 0.3) is 5.89 Å². The van der Waals surface area contributed by atoms with Gasteiger partial charge < -0.3 is 19.3 Å². The topological polar surface area (TPSA) is 112 Å². The molecule has 2 heterocycles. The molecule has 177 valence electrons. The predicted octanol–water partition coefficient (Wildman–Crippen LogP) is 3.95. The van der Waals surface area contributed by atoms with Gasteiger partial charge in [0.1, 0.15) is 11.8 Å². The van der Waals surface area contributed by atoms with E-state index in [2.05, 4.69) is 33.2 Å². The van der Waals surface area contributed by atoms with Crippen molar-refractivity contribution >= 4 is 35.5 Å². The molecule has 0 saturated heterocycles. The van der Waals surface area contributed by atoms with Gasteiger partial charge in [-0.15, -0.1) is 0 Å². The Morgan fingerprint density at radius 2 is 1.91 bits per heavy atom. The summed E-state index contributed by atoms with van der Waals surface area (Å²) in [7, 11) is 0. The van der Waals surface area contributed by atoms with Gasteiger partial charge in [-0.3, -0.25) is 4.79 Å². The van der Waals surface area contributed by atoms with Gasteiger partial charge >= 0.3 is 5.97 Å². The van der Waals surface area contributed by atoms with Crippen molar-refractivity contribution in [1.29, 1.82) is 5.26 Å². The third-order valence-electron chi connectivity index (χ3n) is 5.86. The molecular formula is C26H28N4NaO4. The maximum absolute atomic E-state index is 10.8. The molecule has 1 aromatic heterocycles. The predicted molar refractivity (Wildman–Crippen MR) is 132 cm³/mol. The summed E-state index contributed by atoms with van der Waals surface area (Å²) in [5, 5.41) is 22.5. The van der Waals surface area contributed by atoms with Crippen molar-refractivity contribution in [3.63, 3.8) is 0 Å². The van der Waals surface area contributed by atoms with Crippen molar-refractivity contribution in [2.24, 2.45) is 0 Å². The minimum Gasteiger partial charge on any atom is -0.490 e. The van der Waals surface area contributed by atoms with Crippen molar-refractivity contribution in [3.8, 4) is 34.7 Å². The van der Waals surface area contributed by atoms with E-state index < -0.39 is 5.97 Å². The Labute approximate surface area is 227 Å². The van der Waals surface area contributed by atoms with E-state index in [1.165, 1.54) is 11.1 Å². The standard InChI is InChI=1S/C26H28N4O4.Na/c1-17(2)33-23-8-7-21(15-22(23)16-27)26-28-25(29-34-26)20-6-5-18-9-12-30(11-3-4-24(31)32)13-10-19(18)14-20;/h5-8,14-15,17H,3-4,9-13H2,1-2H3,(H,31,32);. The molecule has 1 N–H and O–H groups in total. The molecule has 2 aromatic carbocycles. The Morgan fingerprint density at radius 1 is 1.17 bits per heavy atom. The number of carbonyl (C=O) groups is 1. The Balaban J connectivity index is 0.00000342. The molecule has 8 nitrogen and oxygen atoms in total. The zero-order valence-corrected chi connectivity index (χ0v) is 22.5. The SMILES string of the molecule is CC(C)Oc1ccc(-c2nc(-c3ccc4c(c3)CCN(CCCC(=O)O)CC4)no2)cc1C#N.[Na]. The molecule has 0 saturated carbocycles. The third-order valence-corrected chi connectivity index (χ3v) is 5.86. The number of nitrogens with zero attached hydrogens (tertiary/aromatic N) is 4. The molecule has 1 radical (unpaired) electrons. The van der Waals surface area contributed by atoms with Crippen LogP contribution < -0.4 is 4.74 Å². The fraction of sp³-hybridized carbons (Fsp3) is 0.385. The summed E-state index contributed by atoms with van der Waals surface area (Å²) in [4.78, 5) is 17.7. The molecule has 3 aromatic rings. The number of nitriles is 1. The van der Waals surface area contributed by atoms with Gasteiger partial charge in [-0.1, -0.05) is 17.3 Å². The fourth-order valence-electron chi connectivity index (χ4n) is 4.15. The van der Waals surface area contributed by atoms with Gasteiger partial charge in [0.05, 0.1) is 11.7 Å². The van der Waals surface area contributed by atoms with E-state index in [0.29, 0.717) is 35.0 Å². The first-order chi connectivity index (χ1) is 16.4. The molecule has 0 bridgehead atoms. The molecule has 0 spiro atoms. The molecule has 0 aliphatic carbocycles. The number of fused-ring (bicyclic) bond motifs is 1. The Bertz CT molecular complexity index is 1220. The average Bonchev–Trinajstić information content (AvgIpc) is 3.22. The van der Waals surface area contributed by atoms with Gasteiger partial charge in [-0.25, -0.2) is 0 Å². The van der Waals surface area contributed by atoms with Crippen LogP contribution in [0.25, 0.3) is 22.8 Å². The van der Waals surface area contributed by atoms with Gasteiger partial charge in [0.15, 0.2) is 0 Å². The summed E-state index contributed by atoms with van der Waals surface area (Å²) in [6.07, 6.45) is 2.67. The van der Waals surface area contributed by atoms with Crippen molar-refractivity contribution in [2.75, 3.05) is 19.6 Å². The molecule has 9 heteroatoms. The quantitative estimate of drug-likeness (QED) is 0.480. The van der Waals surface area contributed by atoms with E-state index in [1.807, 2.05) is 26.0 Å². The number of aromatic nitrogens is 2. The summed E-state index contributed by atoms with van der Waals surface area (Å²) >= 11 is 0. The van der Waals surface area contributed by atoms with E-state index in [9.17, 15) is 10.1 Å². The molecule has 4 rings (SSSR count). The summed E-state index contributed by atoms with van der Waals surface area (Å²) in [5.74, 6) is 0.637. The van der Waals surface area contributed by atoms with Crippen LogP contribution in [0, 0.1) is 11.3 Å². The molecule has 35 heavy (non-hydrogen) atoms. The largest absolute Gasteiger partial charge is 0.490 e. The van der Waals surface area contributed by atoms with Crippen LogP contribution in [-0.2, 0) is 17.6 Å². The summed E-state index contributed by atoms with van der Waals surface area (Å²) in [5.41, 5.74) is 4.52. The average molecular weight is 484 g/mol. The number of carboxylic acid groups (broad SMARTS) is 1. The first-order valence-corrected chi connectivity index (χ1v) is 11.5. The molecule has 0 atom stereocenters.